The third-order valence-corrected chi connectivity index (χ3v) is 3.05. The number of hydrogen-bond donors (Lipinski definition) is 2. The highest BCUT2D eigenvalue weighted by atomic mass is 16.3. The Bertz CT molecular complexity index is 292. The molecule has 14 heavy (non-hydrogen) atoms. The van der Waals surface area contributed by atoms with Gasteiger partial charge in [0.1, 0.15) is 5.75 Å². The fourth-order valence-electron chi connectivity index (χ4n) is 2.19. The second-order valence-electron chi connectivity index (χ2n) is 4.13. The van der Waals surface area contributed by atoms with E-state index in [1.807, 2.05) is 12.1 Å². The smallest absolute Gasteiger partial charge is 0.115 e. The molecule has 1 aromatic rings. The minimum atomic E-state index is -0.121. The zero-order valence-electron chi connectivity index (χ0n) is 8.19. The first-order valence-corrected chi connectivity index (χ1v) is 5.21. The minimum Gasteiger partial charge on any atom is -0.508 e. The Hall–Kier alpha value is -1.02. The Morgan fingerprint density at radius 2 is 1.86 bits per heavy atom. The van der Waals surface area contributed by atoms with Crippen LogP contribution in [0.15, 0.2) is 24.3 Å². The molecule has 1 saturated carbocycles. The molecule has 2 rings (SSSR count). The number of benzene rings is 1. The Balaban J connectivity index is 2.00. The van der Waals surface area contributed by atoms with Crippen LogP contribution in [0.3, 0.4) is 0 Å². The quantitative estimate of drug-likeness (QED) is 0.753. The van der Waals surface area contributed by atoms with Gasteiger partial charge in [0.2, 0.25) is 0 Å². The van der Waals surface area contributed by atoms with Crippen molar-refractivity contribution in [2.75, 3.05) is 0 Å². The lowest BCUT2D eigenvalue weighted by Crippen LogP contribution is -2.15. The van der Waals surface area contributed by atoms with E-state index in [0.29, 0.717) is 11.7 Å². The van der Waals surface area contributed by atoms with E-state index in [0.717, 1.165) is 25.7 Å². The Morgan fingerprint density at radius 3 is 2.43 bits per heavy atom. The molecule has 2 N–H and O–H groups in total. The van der Waals surface area contributed by atoms with E-state index in [-0.39, 0.29) is 6.10 Å². The largest absolute Gasteiger partial charge is 0.508 e. The van der Waals surface area contributed by atoms with E-state index in [1.165, 1.54) is 5.56 Å². The average Bonchev–Trinajstić information content (AvgIpc) is 2.56. The van der Waals surface area contributed by atoms with Gasteiger partial charge in [0.15, 0.2) is 0 Å². The van der Waals surface area contributed by atoms with Crippen LogP contribution in [0.2, 0.25) is 0 Å². The van der Waals surface area contributed by atoms with Gasteiger partial charge >= 0.3 is 0 Å². The van der Waals surface area contributed by atoms with E-state index >= 15 is 0 Å². The Labute approximate surface area is 84.2 Å². The van der Waals surface area contributed by atoms with Crippen LogP contribution in [0.4, 0.5) is 0 Å². The highest BCUT2D eigenvalue weighted by Crippen LogP contribution is 2.28. The van der Waals surface area contributed by atoms with Gasteiger partial charge in [-0.2, -0.15) is 0 Å². The summed E-state index contributed by atoms with van der Waals surface area (Å²) in [5.41, 5.74) is 1.20. The van der Waals surface area contributed by atoms with E-state index in [2.05, 4.69) is 0 Å². The van der Waals surface area contributed by atoms with Gasteiger partial charge in [-0.15, -0.1) is 0 Å². The lowest BCUT2D eigenvalue weighted by molar-refractivity contribution is 0.132. The SMILES string of the molecule is Oc1ccc(CC2CCCC2O)cc1. The number of aliphatic hydroxyl groups excluding tert-OH is 1. The van der Waals surface area contributed by atoms with Crippen LogP contribution in [0.5, 0.6) is 5.75 Å². The van der Waals surface area contributed by atoms with Crippen molar-refractivity contribution in [2.24, 2.45) is 5.92 Å². The van der Waals surface area contributed by atoms with Gasteiger partial charge in [0, 0.05) is 0 Å². The van der Waals surface area contributed by atoms with Crippen LogP contribution in [0.25, 0.3) is 0 Å². The monoisotopic (exact) mass is 192 g/mol. The number of aromatic hydroxyl groups is 1. The van der Waals surface area contributed by atoms with Crippen molar-refractivity contribution < 1.29 is 10.2 Å². The van der Waals surface area contributed by atoms with Gasteiger partial charge in [-0.3, -0.25) is 0 Å². The molecular weight excluding hydrogens is 176 g/mol. The second kappa shape index (κ2) is 4.01. The standard InChI is InChI=1S/C12H16O2/c13-11-6-4-9(5-7-11)8-10-2-1-3-12(10)14/h4-7,10,12-14H,1-3,8H2. The van der Waals surface area contributed by atoms with Crippen molar-refractivity contribution in [2.45, 2.75) is 31.8 Å². The van der Waals surface area contributed by atoms with Gasteiger partial charge in [-0.1, -0.05) is 18.6 Å². The molecule has 0 aromatic heterocycles. The summed E-state index contributed by atoms with van der Waals surface area (Å²) in [7, 11) is 0. The molecule has 2 heteroatoms. The van der Waals surface area contributed by atoms with Crippen molar-refractivity contribution >= 4 is 0 Å². The molecule has 2 unspecified atom stereocenters. The van der Waals surface area contributed by atoms with Crippen molar-refractivity contribution in [1.82, 2.24) is 0 Å². The summed E-state index contributed by atoms with van der Waals surface area (Å²) in [4.78, 5) is 0. The molecule has 1 aromatic carbocycles. The zero-order chi connectivity index (χ0) is 9.97. The maximum atomic E-state index is 9.66. The topological polar surface area (TPSA) is 40.5 Å². The summed E-state index contributed by atoms with van der Waals surface area (Å²) in [5.74, 6) is 0.722. The van der Waals surface area contributed by atoms with E-state index in [9.17, 15) is 5.11 Å². The molecule has 1 aliphatic carbocycles. The summed E-state index contributed by atoms with van der Waals surface area (Å²) in [6.45, 7) is 0. The van der Waals surface area contributed by atoms with Gasteiger partial charge in [-0.05, 0) is 42.9 Å². The molecular formula is C12H16O2. The third-order valence-electron chi connectivity index (χ3n) is 3.05. The molecule has 2 nitrogen and oxygen atoms in total. The molecule has 1 aliphatic rings. The van der Waals surface area contributed by atoms with Crippen LogP contribution in [0.1, 0.15) is 24.8 Å². The van der Waals surface area contributed by atoms with Gasteiger partial charge in [0.05, 0.1) is 6.10 Å². The summed E-state index contributed by atoms with van der Waals surface area (Å²) in [5, 5.41) is 18.8. The van der Waals surface area contributed by atoms with E-state index in [1.54, 1.807) is 12.1 Å². The summed E-state index contributed by atoms with van der Waals surface area (Å²) >= 11 is 0. The van der Waals surface area contributed by atoms with Crippen LogP contribution < -0.4 is 0 Å². The molecule has 2 atom stereocenters. The highest BCUT2D eigenvalue weighted by molar-refractivity contribution is 5.26. The molecule has 1 fully saturated rings. The maximum Gasteiger partial charge on any atom is 0.115 e. The van der Waals surface area contributed by atoms with Crippen LogP contribution in [-0.4, -0.2) is 16.3 Å². The molecule has 76 valence electrons. The Morgan fingerprint density at radius 1 is 1.14 bits per heavy atom. The number of phenols is 1. The molecule has 0 amide bonds. The summed E-state index contributed by atoms with van der Waals surface area (Å²) in [6, 6.07) is 7.27. The molecule has 0 spiro atoms. The van der Waals surface area contributed by atoms with Crippen molar-refractivity contribution in [1.29, 1.82) is 0 Å². The molecule has 0 saturated heterocycles. The van der Waals surface area contributed by atoms with Crippen molar-refractivity contribution in [3.05, 3.63) is 29.8 Å². The normalized spacial score (nSPS) is 26.6. The van der Waals surface area contributed by atoms with Crippen molar-refractivity contribution in [3.63, 3.8) is 0 Å². The van der Waals surface area contributed by atoms with E-state index in [4.69, 9.17) is 5.11 Å². The molecule has 0 heterocycles. The first-order chi connectivity index (χ1) is 6.75. The Kier molecular flexibility index (Phi) is 2.73. The fourth-order valence-corrected chi connectivity index (χ4v) is 2.19. The minimum absolute atomic E-state index is 0.121. The lowest BCUT2D eigenvalue weighted by atomic mass is 9.96. The number of phenolic OH excluding ortho intramolecular Hbond substituents is 1. The first kappa shape index (κ1) is 9.53. The van der Waals surface area contributed by atoms with Crippen LogP contribution in [0, 0.1) is 5.92 Å². The lowest BCUT2D eigenvalue weighted by Gasteiger charge is -2.13. The highest BCUT2D eigenvalue weighted by Gasteiger charge is 2.24. The van der Waals surface area contributed by atoms with Crippen molar-refractivity contribution in [3.8, 4) is 5.75 Å². The maximum absolute atomic E-state index is 9.66. The van der Waals surface area contributed by atoms with Gasteiger partial charge in [0.25, 0.3) is 0 Å². The second-order valence-corrected chi connectivity index (χ2v) is 4.13. The van der Waals surface area contributed by atoms with E-state index < -0.39 is 0 Å². The predicted octanol–water partition coefficient (Wildman–Crippen LogP) is 2.10. The zero-order valence-corrected chi connectivity index (χ0v) is 8.19. The fraction of sp³-hybridized carbons (Fsp3) is 0.500. The van der Waals surface area contributed by atoms with Crippen LogP contribution >= 0.6 is 0 Å². The number of aliphatic hydroxyl groups is 1. The summed E-state index contributed by atoms with van der Waals surface area (Å²) in [6.07, 6.45) is 4.03. The number of hydrogen-bond acceptors (Lipinski definition) is 2. The molecule has 0 aliphatic heterocycles. The van der Waals surface area contributed by atoms with Crippen LogP contribution in [-0.2, 0) is 6.42 Å². The molecule has 0 radical (unpaired) electrons. The average molecular weight is 192 g/mol. The molecule has 0 bridgehead atoms. The predicted molar refractivity (Wildman–Crippen MR) is 55.2 cm³/mol. The number of rotatable bonds is 2. The first-order valence-electron chi connectivity index (χ1n) is 5.21. The van der Waals surface area contributed by atoms with Gasteiger partial charge in [-0.25, -0.2) is 0 Å². The third kappa shape index (κ3) is 2.07. The summed E-state index contributed by atoms with van der Waals surface area (Å²) < 4.78 is 0. The van der Waals surface area contributed by atoms with Gasteiger partial charge < -0.3 is 10.2 Å².